The summed E-state index contributed by atoms with van der Waals surface area (Å²) in [6, 6.07) is 1.86. The third kappa shape index (κ3) is 2.56. The zero-order valence-electron chi connectivity index (χ0n) is 16.3. The van der Waals surface area contributed by atoms with Gasteiger partial charge in [0.25, 0.3) is 0 Å². The third-order valence-electron chi connectivity index (χ3n) is 8.15. The lowest BCUT2D eigenvalue weighted by Crippen LogP contribution is -2.57. The van der Waals surface area contributed by atoms with E-state index in [0.717, 1.165) is 25.6 Å². The molecule has 4 saturated heterocycles. The van der Waals surface area contributed by atoms with Crippen molar-refractivity contribution in [2.24, 2.45) is 23.2 Å². The highest BCUT2D eigenvalue weighted by Crippen LogP contribution is 2.49. The van der Waals surface area contributed by atoms with Gasteiger partial charge >= 0.3 is 0 Å². The number of hydrazine groups is 1. The van der Waals surface area contributed by atoms with E-state index in [2.05, 4.69) is 40.2 Å². The van der Waals surface area contributed by atoms with Crippen molar-refractivity contribution in [3.8, 4) is 0 Å². The molecule has 1 aliphatic carbocycles. The van der Waals surface area contributed by atoms with Crippen LogP contribution >= 0.6 is 0 Å². The van der Waals surface area contributed by atoms with E-state index in [-0.39, 0.29) is 17.5 Å². The molecule has 1 amide bonds. The van der Waals surface area contributed by atoms with Gasteiger partial charge in [-0.1, -0.05) is 26.7 Å². The molecular formula is C20H35N5O. The second-order valence-corrected chi connectivity index (χ2v) is 9.83. The number of amides is 1. The van der Waals surface area contributed by atoms with Gasteiger partial charge in [0, 0.05) is 36.0 Å². The predicted molar refractivity (Wildman–Crippen MR) is 101 cm³/mol. The van der Waals surface area contributed by atoms with Crippen molar-refractivity contribution < 1.29 is 4.79 Å². The maximum Gasteiger partial charge on any atom is 0.227 e. The van der Waals surface area contributed by atoms with E-state index in [0.29, 0.717) is 30.0 Å². The Bertz CT molecular complexity index is 560. The van der Waals surface area contributed by atoms with Crippen molar-refractivity contribution in [2.75, 3.05) is 19.6 Å². The van der Waals surface area contributed by atoms with Crippen LogP contribution in [0.25, 0.3) is 0 Å². The third-order valence-corrected chi connectivity index (χ3v) is 8.15. The normalized spacial score (nSPS) is 48.2. The minimum Gasteiger partial charge on any atom is -0.340 e. The molecule has 5 aliphatic rings. The van der Waals surface area contributed by atoms with Gasteiger partial charge in [-0.2, -0.15) is 0 Å². The Kier molecular flexibility index (Phi) is 4.31. The Hall–Kier alpha value is -0.690. The van der Waals surface area contributed by atoms with Crippen LogP contribution in [0.3, 0.4) is 0 Å². The van der Waals surface area contributed by atoms with Gasteiger partial charge in [0.15, 0.2) is 0 Å². The highest BCUT2D eigenvalue weighted by atomic mass is 16.2. The molecule has 0 aromatic heterocycles. The van der Waals surface area contributed by atoms with Crippen LogP contribution < -0.4 is 21.4 Å². The van der Waals surface area contributed by atoms with Gasteiger partial charge in [-0.15, -0.1) is 0 Å². The Morgan fingerprint density at radius 3 is 2.69 bits per heavy atom. The van der Waals surface area contributed by atoms with Crippen LogP contribution in [0.4, 0.5) is 0 Å². The number of hydrogen-bond donors (Lipinski definition) is 4. The predicted octanol–water partition coefficient (Wildman–Crippen LogP) is 0.804. The fraction of sp³-hybridized carbons (Fsp3) is 0.950. The minimum absolute atomic E-state index is 0.155. The van der Waals surface area contributed by atoms with E-state index < -0.39 is 0 Å². The average Bonchev–Trinajstić information content (AvgIpc) is 3.33. The van der Waals surface area contributed by atoms with Gasteiger partial charge in [-0.05, 0) is 50.6 Å². The molecule has 146 valence electrons. The molecular weight excluding hydrogens is 326 g/mol. The summed E-state index contributed by atoms with van der Waals surface area (Å²) in [6.07, 6.45) is 8.02. The maximum absolute atomic E-state index is 12.6. The van der Waals surface area contributed by atoms with Crippen LogP contribution in [0.1, 0.15) is 52.4 Å². The summed E-state index contributed by atoms with van der Waals surface area (Å²) in [4.78, 5) is 12.6. The molecule has 0 bridgehead atoms. The highest BCUT2D eigenvalue weighted by molar-refractivity contribution is 5.85. The van der Waals surface area contributed by atoms with Gasteiger partial charge < -0.3 is 10.6 Å². The molecule has 4 aliphatic heterocycles. The summed E-state index contributed by atoms with van der Waals surface area (Å²) in [5.74, 6) is 1.92. The van der Waals surface area contributed by atoms with E-state index in [4.69, 9.17) is 0 Å². The van der Waals surface area contributed by atoms with Crippen LogP contribution in [-0.4, -0.2) is 54.8 Å². The Morgan fingerprint density at radius 1 is 1.04 bits per heavy atom. The molecule has 5 fully saturated rings. The van der Waals surface area contributed by atoms with Crippen LogP contribution in [0.2, 0.25) is 0 Å². The topological polar surface area (TPSA) is 68.4 Å². The first-order valence-electron chi connectivity index (χ1n) is 10.9. The van der Waals surface area contributed by atoms with Crippen molar-refractivity contribution in [1.29, 1.82) is 0 Å². The molecule has 6 unspecified atom stereocenters. The molecule has 4 heterocycles. The van der Waals surface area contributed by atoms with Crippen LogP contribution in [-0.2, 0) is 4.79 Å². The van der Waals surface area contributed by atoms with E-state index in [1.165, 1.54) is 38.5 Å². The number of nitrogens with one attached hydrogen (secondary N) is 4. The largest absolute Gasteiger partial charge is 0.340 e. The van der Waals surface area contributed by atoms with E-state index in [1.807, 2.05) is 0 Å². The number of nitrogens with zero attached hydrogens (tertiary/aromatic N) is 1. The lowest BCUT2D eigenvalue weighted by Gasteiger charge is -2.44. The summed E-state index contributed by atoms with van der Waals surface area (Å²) in [7, 11) is 0. The molecule has 7 atom stereocenters. The Morgan fingerprint density at radius 2 is 1.88 bits per heavy atom. The molecule has 0 radical (unpaired) electrons. The van der Waals surface area contributed by atoms with Gasteiger partial charge in [0.2, 0.25) is 5.91 Å². The highest BCUT2D eigenvalue weighted by Gasteiger charge is 2.58. The molecule has 0 aromatic carbocycles. The zero-order valence-corrected chi connectivity index (χ0v) is 16.3. The Balaban J connectivity index is 1.43. The Labute approximate surface area is 157 Å². The smallest absolute Gasteiger partial charge is 0.227 e. The molecule has 6 heteroatoms. The second kappa shape index (κ2) is 6.43. The number of rotatable bonds is 2. The molecule has 4 N–H and O–H groups in total. The average molecular weight is 362 g/mol. The second-order valence-electron chi connectivity index (χ2n) is 9.83. The van der Waals surface area contributed by atoms with Gasteiger partial charge in [0.05, 0.1) is 6.17 Å². The molecule has 26 heavy (non-hydrogen) atoms. The van der Waals surface area contributed by atoms with Crippen LogP contribution in [0.5, 0.6) is 0 Å². The van der Waals surface area contributed by atoms with Crippen molar-refractivity contribution in [2.45, 2.75) is 76.7 Å². The van der Waals surface area contributed by atoms with E-state index in [9.17, 15) is 4.79 Å². The SMILES string of the molecule is CC1(C)C(=O)NC2NCCC(C3NN([C@@H]4CCNC4)C4CCCCC34)C21. The zero-order chi connectivity index (χ0) is 17.9. The summed E-state index contributed by atoms with van der Waals surface area (Å²) in [5.41, 5.74) is 3.76. The van der Waals surface area contributed by atoms with Gasteiger partial charge in [-0.3, -0.25) is 15.5 Å². The number of hydrogen-bond acceptors (Lipinski definition) is 5. The fourth-order valence-electron chi connectivity index (χ4n) is 6.87. The summed E-state index contributed by atoms with van der Waals surface area (Å²) < 4.78 is 0. The lowest BCUT2D eigenvalue weighted by atomic mass is 9.64. The van der Waals surface area contributed by atoms with E-state index >= 15 is 0 Å². The van der Waals surface area contributed by atoms with Crippen LogP contribution in [0, 0.1) is 23.2 Å². The quantitative estimate of drug-likeness (QED) is 0.586. The van der Waals surface area contributed by atoms with Gasteiger partial charge in [0.1, 0.15) is 0 Å². The van der Waals surface area contributed by atoms with Crippen molar-refractivity contribution in [1.82, 2.24) is 26.4 Å². The maximum atomic E-state index is 12.6. The molecule has 1 saturated carbocycles. The standard InChI is InChI=1S/C20H35N5O/c1-20(2)16-14(8-10-22-18(16)23-19(20)26)17-13-5-3-4-6-15(13)25(24-17)12-7-9-21-11-12/h12-18,21-22,24H,3-11H2,1-2H3,(H,23,26)/t12-,13?,14?,15?,16?,17?,18?/m1/s1. The minimum atomic E-state index is -0.281. The lowest BCUT2D eigenvalue weighted by molar-refractivity contribution is -0.127. The van der Waals surface area contributed by atoms with E-state index in [1.54, 1.807) is 0 Å². The van der Waals surface area contributed by atoms with Crippen molar-refractivity contribution in [3.63, 3.8) is 0 Å². The summed E-state index contributed by atoms with van der Waals surface area (Å²) >= 11 is 0. The van der Waals surface area contributed by atoms with Crippen molar-refractivity contribution >= 4 is 5.91 Å². The fourth-order valence-corrected chi connectivity index (χ4v) is 6.87. The van der Waals surface area contributed by atoms with Gasteiger partial charge in [-0.25, -0.2) is 5.01 Å². The molecule has 0 aromatic rings. The number of fused-ring (bicyclic) bond motifs is 2. The first-order valence-corrected chi connectivity index (χ1v) is 10.9. The van der Waals surface area contributed by atoms with Crippen LogP contribution in [0.15, 0.2) is 0 Å². The molecule has 5 rings (SSSR count). The number of piperidine rings is 1. The molecule has 6 nitrogen and oxygen atoms in total. The summed E-state index contributed by atoms with van der Waals surface area (Å²) in [6.45, 7) is 7.59. The molecule has 0 spiro atoms. The monoisotopic (exact) mass is 361 g/mol. The summed E-state index contributed by atoms with van der Waals surface area (Å²) in [5, 5.41) is 13.0. The number of carbonyl (C=O) groups excluding carboxylic acids is 1. The van der Waals surface area contributed by atoms with Crippen molar-refractivity contribution in [3.05, 3.63) is 0 Å². The first-order chi connectivity index (χ1) is 12.6. The number of carbonyl (C=O) groups is 1. The first kappa shape index (κ1) is 17.4.